The van der Waals surface area contributed by atoms with Crippen molar-refractivity contribution in [1.29, 1.82) is 0 Å². The molecule has 0 saturated carbocycles. The first-order chi connectivity index (χ1) is 6.54. The summed E-state index contributed by atoms with van der Waals surface area (Å²) in [6.45, 7) is 0. The molecular weight excluding hydrogens is 263 g/mol. The van der Waals surface area contributed by atoms with Crippen LogP contribution in [0.5, 0.6) is 0 Å². The van der Waals surface area contributed by atoms with Crippen LogP contribution in [0.2, 0.25) is 0 Å². The lowest BCUT2D eigenvalue weighted by molar-refractivity contribution is -0.113. The van der Waals surface area contributed by atoms with Crippen molar-refractivity contribution in [1.82, 2.24) is 0 Å². The van der Waals surface area contributed by atoms with Crippen molar-refractivity contribution in [3.05, 3.63) is 29.6 Å². The summed E-state index contributed by atoms with van der Waals surface area (Å²) in [5.74, 6) is -4.15. The van der Waals surface area contributed by atoms with Crippen molar-refractivity contribution in [2.45, 2.75) is 0 Å². The predicted molar refractivity (Wildman–Crippen MR) is 48.7 cm³/mol. The zero-order chi connectivity index (χ0) is 10.7. The molecule has 0 radical (unpaired) electrons. The first-order valence-electron chi connectivity index (χ1n) is 3.55. The first kappa shape index (κ1) is 11.0. The van der Waals surface area contributed by atoms with Gasteiger partial charge in [0.15, 0.2) is 11.6 Å². The van der Waals surface area contributed by atoms with Crippen molar-refractivity contribution in [3.63, 3.8) is 0 Å². The maximum Gasteiger partial charge on any atom is 0.235 e. The van der Waals surface area contributed by atoms with Crippen LogP contribution in [-0.4, -0.2) is 11.2 Å². The van der Waals surface area contributed by atoms with Gasteiger partial charge >= 0.3 is 0 Å². The van der Waals surface area contributed by atoms with Crippen LogP contribution in [0.15, 0.2) is 12.1 Å². The van der Waals surface area contributed by atoms with E-state index in [0.717, 1.165) is 0 Å². The van der Waals surface area contributed by atoms with Crippen LogP contribution in [0.4, 0.5) is 18.9 Å². The third-order valence-electron chi connectivity index (χ3n) is 1.39. The fourth-order valence-corrected chi connectivity index (χ4v) is 0.971. The van der Waals surface area contributed by atoms with Gasteiger partial charge in [-0.05, 0) is 0 Å². The Kier molecular flexibility index (Phi) is 3.51. The number of hydrogen-bond donors (Lipinski definition) is 1. The SMILES string of the molecule is O=C(CBr)Nc1cc(F)cc(F)c1F. The monoisotopic (exact) mass is 267 g/mol. The normalized spacial score (nSPS) is 10.0. The molecule has 0 aliphatic carbocycles. The van der Waals surface area contributed by atoms with E-state index in [1.165, 1.54) is 0 Å². The van der Waals surface area contributed by atoms with Gasteiger partial charge in [-0.1, -0.05) is 15.9 Å². The Hall–Kier alpha value is -1.04. The van der Waals surface area contributed by atoms with Crippen LogP contribution < -0.4 is 5.32 Å². The highest BCUT2D eigenvalue weighted by atomic mass is 79.9. The molecule has 14 heavy (non-hydrogen) atoms. The highest BCUT2D eigenvalue weighted by Crippen LogP contribution is 2.18. The Morgan fingerprint density at radius 2 is 2.00 bits per heavy atom. The van der Waals surface area contributed by atoms with Gasteiger partial charge in [0.1, 0.15) is 5.82 Å². The van der Waals surface area contributed by atoms with Gasteiger partial charge in [-0.2, -0.15) is 0 Å². The van der Waals surface area contributed by atoms with Crippen molar-refractivity contribution in [2.75, 3.05) is 10.6 Å². The van der Waals surface area contributed by atoms with E-state index < -0.39 is 29.0 Å². The summed E-state index contributed by atoms with van der Waals surface area (Å²) < 4.78 is 38.1. The summed E-state index contributed by atoms with van der Waals surface area (Å²) in [4.78, 5) is 10.8. The third kappa shape index (κ3) is 2.47. The molecule has 0 atom stereocenters. The number of hydrogen-bond acceptors (Lipinski definition) is 1. The molecule has 1 N–H and O–H groups in total. The van der Waals surface area contributed by atoms with E-state index in [9.17, 15) is 18.0 Å². The van der Waals surface area contributed by atoms with Crippen molar-refractivity contribution < 1.29 is 18.0 Å². The van der Waals surface area contributed by atoms with E-state index in [4.69, 9.17) is 0 Å². The molecule has 0 unspecified atom stereocenters. The van der Waals surface area contributed by atoms with Crippen molar-refractivity contribution >= 4 is 27.5 Å². The van der Waals surface area contributed by atoms with Crippen LogP contribution >= 0.6 is 15.9 Å². The molecule has 2 nitrogen and oxygen atoms in total. The highest BCUT2D eigenvalue weighted by Gasteiger charge is 2.12. The van der Waals surface area contributed by atoms with Gasteiger partial charge in [-0.25, -0.2) is 13.2 Å². The van der Waals surface area contributed by atoms with Gasteiger partial charge in [-0.15, -0.1) is 0 Å². The lowest BCUT2D eigenvalue weighted by Crippen LogP contribution is -2.14. The van der Waals surface area contributed by atoms with Crippen LogP contribution in [0, 0.1) is 17.5 Å². The topological polar surface area (TPSA) is 29.1 Å². The first-order valence-corrected chi connectivity index (χ1v) is 4.67. The van der Waals surface area contributed by atoms with Gasteiger partial charge in [0.25, 0.3) is 0 Å². The quantitative estimate of drug-likeness (QED) is 0.647. The van der Waals surface area contributed by atoms with Crippen molar-refractivity contribution in [3.8, 4) is 0 Å². The van der Waals surface area contributed by atoms with Gasteiger partial charge in [0.05, 0.1) is 11.0 Å². The van der Waals surface area contributed by atoms with E-state index in [0.29, 0.717) is 12.1 Å². The Balaban J connectivity index is 3.02. The van der Waals surface area contributed by atoms with Gasteiger partial charge in [0.2, 0.25) is 5.91 Å². The average molecular weight is 268 g/mol. The third-order valence-corrected chi connectivity index (χ3v) is 1.90. The largest absolute Gasteiger partial charge is 0.323 e. The van der Waals surface area contributed by atoms with Gasteiger partial charge in [0, 0.05) is 12.1 Å². The fourth-order valence-electron chi connectivity index (χ4n) is 0.831. The van der Waals surface area contributed by atoms with E-state index in [-0.39, 0.29) is 5.33 Å². The second-order valence-electron chi connectivity index (χ2n) is 2.43. The Morgan fingerprint density at radius 1 is 1.36 bits per heavy atom. The number of alkyl halides is 1. The van der Waals surface area contributed by atoms with E-state index in [1.807, 2.05) is 5.32 Å². The molecule has 0 aromatic heterocycles. The van der Waals surface area contributed by atoms with Gasteiger partial charge in [-0.3, -0.25) is 4.79 Å². The maximum atomic E-state index is 12.9. The van der Waals surface area contributed by atoms with E-state index in [1.54, 1.807) is 0 Å². The number of carbonyl (C=O) groups excluding carboxylic acids is 1. The van der Waals surface area contributed by atoms with Crippen LogP contribution in [0.1, 0.15) is 0 Å². The minimum atomic E-state index is -1.34. The molecule has 0 aliphatic rings. The Morgan fingerprint density at radius 3 is 2.57 bits per heavy atom. The van der Waals surface area contributed by atoms with Crippen LogP contribution in [0.3, 0.4) is 0 Å². The standard InChI is InChI=1S/C8H5BrF3NO/c9-3-7(14)13-6-2-4(10)1-5(11)8(6)12/h1-2H,3H2,(H,13,14). The molecule has 0 heterocycles. The number of nitrogens with one attached hydrogen (secondary N) is 1. The molecule has 6 heteroatoms. The zero-order valence-electron chi connectivity index (χ0n) is 6.78. The Labute approximate surface area is 86.2 Å². The number of anilines is 1. The molecule has 0 fully saturated rings. The maximum absolute atomic E-state index is 12.9. The Bertz CT molecular complexity index is 370. The number of carbonyl (C=O) groups is 1. The zero-order valence-corrected chi connectivity index (χ0v) is 8.37. The van der Waals surface area contributed by atoms with Crippen LogP contribution in [0.25, 0.3) is 0 Å². The fraction of sp³-hybridized carbons (Fsp3) is 0.125. The molecule has 1 amide bonds. The van der Waals surface area contributed by atoms with E-state index in [2.05, 4.69) is 15.9 Å². The highest BCUT2D eigenvalue weighted by molar-refractivity contribution is 9.09. The molecule has 0 bridgehead atoms. The molecule has 0 spiro atoms. The summed E-state index contributed by atoms with van der Waals surface area (Å²) in [5, 5.41) is 1.92. The minimum Gasteiger partial charge on any atom is -0.323 e. The summed E-state index contributed by atoms with van der Waals surface area (Å²) >= 11 is 2.81. The molecule has 1 aromatic rings. The van der Waals surface area contributed by atoms with Crippen molar-refractivity contribution in [2.24, 2.45) is 0 Å². The van der Waals surface area contributed by atoms with Gasteiger partial charge < -0.3 is 5.32 Å². The number of amides is 1. The molecule has 76 valence electrons. The summed E-state index contributed by atoms with van der Waals surface area (Å²) in [6, 6.07) is 1.11. The predicted octanol–water partition coefficient (Wildman–Crippen LogP) is 2.44. The molecule has 1 rings (SSSR count). The van der Waals surface area contributed by atoms with E-state index >= 15 is 0 Å². The number of halogens is 4. The smallest absolute Gasteiger partial charge is 0.235 e. The average Bonchev–Trinajstić information content (AvgIpc) is 2.13. The number of rotatable bonds is 2. The molecular formula is C8H5BrF3NO. The lowest BCUT2D eigenvalue weighted by Gasteiger charge is -2.05. The molecule has 0 aliphatic heterocycles. The minimum absolute atomic E-state index is 0.0788. The lowest BCUT2D eigenvalue weighted by atomic mass is 10.3. The number of benzene rings is 1. The second-order valence-corrected chi connectivity index (χ2v) is 2.99. The molecule has 0 saturated heterocycles. The van der Waals surface area contributed by atoms with Crippen LogP contribution in [-0.2, 0) is 4.79 Å². The summed E-state index contributed by atoms with van der Waals surface area (Å²) in [7, 11) is 0. The second kappa shape index (κ2) is 4.45. The summed E-state index contributed by atoms with van der Waals surface area (Å²) in [5.41, 5.74) is -0.507. The summed E-state index contributed by atoms with van der Waals surface area (Å²) in [6.07, 6.45) is 0. The molecule has 1 aromatic carbocycles.